The average Bonchev–Trinajstić information content (AvgIpc) is 2.97. The van der Waals surface area contributed by atoms with E-state index in [2.05, 4.69) is 4.98 Å². The van der Waals surface area contributed by atoms with Gasteiger partial charge in [-0.3, -0.25) is 9.78 Å². The Hall–Kier alpha value is -1.99. The minimum absolute atomic E-state index is 0.112. The van der Waals surface area contributed by atoms with Gasteiger partial charge in [0.1, 0.15) is 6.04 Å². The molecule has 0 spiro atoms. The normalized spacial score (nSPS) is 19.9. The zero-order valence-corrected chi connectivity index (χ0v) is 12.0. The van der Waals surface area contributed by atoms with Crippen molar-refractivity contribution >= 4 is 26.9 Å². The fourth-order valence-corrected chi connectivity index (χ4v) is 4.55. The van der Waals surface area contributed by atoms with E-state index in [1.165, 1.54) is 6.07 Å². The molecule has 6 nitrogen and oxygen atoms in total. The van der Waals surface area contributed by atoms with Crippen molar-refractivity contribution in [1.29, 1.82) is 0 Å². The molecule has 21 heavy (non-hydrogen) atoms. The lowest BCUT2D eigenvalue weighted by Gasteiger charge is -2.21. The molecule has 1 fully saturated rings. The fraction of sp³-hybridized carbons (Fsp3) is 0.286. The van der Waals surface area contributed by atoms with Crippen molar-refractivity contribution in [2.75, 3.05) is 6.54 Å². The number of benzene rings is 1. The predicted octanol–water partition coefficient (Wildman–Crippen LogP) is 1.47. The first-order valence-corrected chi connectivity index (χ1v) is 8.04. The van der Waals surface area contributed by atoms with Gasteiger partial charge in [0.25, 0.3) is 0 Å². The van der Waals surface area contributed by atoms with Crippen LogP contribution in [-0.2, 0) is 14.8 Å². The molecular formula is C14H14N2O4S. The highest BCUT2D eigenvalue weighted by Crippen LogP contribution is 2.30. The van der Waals surface area contributed by atoms with Gasteiger partial charge in [0.05, 0.1) is 10.4 Å². The maximum absolute atomic E-state index is 12.8. The van der Waals surface area contributed by atoms with Gasteiger partial charge in [0.15, 0.2) is 0 Å². The predicted molar refractivity (Wildman–Crippen MR) is 76.3 cm³/mol. The van der Waals surface area contributed by atoms with Crippen LogP contribution in [0.1, 0.15) is 12.8 Å². The number of carboxylic acid groups (broad SMARTS) is 1. The van der Waals surface area contributed by atoms with Gasteiger partial charge >= 0.3 is 5.97 Å². The minimum Gasteiger partial charge on any atom is -0.480 e. The van der Waals surface area contributed by atoms with Crippen molar-refractivity contribution < 1.29 is 18.3 Å². The van der Waals surface area contributed by atoms with Gasteiger partial charge in [-0.15, -0.1) is 0 Å². The van der Waals surface area contributed by atoms with Crippen LogP contribution >= 0.6 is 0 Å². The van der Waals surface area contributed by atoms with Crippen molar-refractivity contribution in [3.05, 3.63) is 36.5 Å². The zero-order chi connectivity index (χ0) is 15.0. The summed E-state index contributed by atoms with van der Waals surface area (Å²) in [5.41, 5.74) is 0.574. The Balaban J connectivity index is 2.15. The number of carbonyl (C=O) groups is 1. The number of hydrogen-bond donors (Lipinski definition) is 1. The number of carboxylic acids is 1. The number of fused-ring (bicyclic) bond motifs is 1. The molecule has 110 valence electrons. The van der Waals surface area contributed by atoms with Gasteiger partial charge < -0.3 is 5.11 Å². The molecule has 1 aromatic heterocycles. The summed E-state index contributed by atoms with van der Waals surface area (Å²) in [5.74, 6) is -1.10. The molecule has 2 aromatic rings. The third-order valence-corrected chi connectivity index (χ3v) is 5.65. The highest BCUT2D eigenvalue weighted by Gasteiger charge is 2.39. The first-order valence-electron chi connectivity index (χ1n) is 6.60. The summed E-state index contributed by atoms with van der Waals surface area (Å²) in [6.07, 6.45) is 2.49. The van der Waals surface area contributed by atoms with E-state index < -0.39 is 22.0 Å². The van der Waals surface area contributed by atoms with Gasteiger partial charge in [-0.1, -0.05) is 6.07 Å². The first-order chi connectivity index (χ1) is 10.0. The third kappa shape index (κ3) is 2.28. The van der Waals surface area contributed by atoms with Gasteiger partial charge in [-0.25, -0.2) is 8.42 Å². The number of nitrogens with zero attached hydrogens (tertiary/aromatic N) is 2. The van der Waals surface area contributed by atoms with Crippen LogP contribution in [0.3, 0.4) is 0 Å². The average molecular weight is 306 g/mol. The second-order valence-electron chi connectivity index (χ2n) is 4.94. The monoisotopic (exact) mass is 306 g/mol. The Morgan fingerprint density at radius 2 is 2.10 bits per heavy atom. The van der Waals surface area contributed by atoms with Gasteiger partial charge in [0.2, 0.25) is 10.0 Å². The highest BCUT2D eigenvalue weighted by atomic mass is 32.2. The van der Waals surface area contributed by atoms with E-state index in [1.807, 2.05) is 0 Å². The second kappa shape index (κ2) is 5.09. The van der Waals surface area contributed by atoms with E-state index in [0.717, 1.165) is 4.31 Å². The topological polar surface area (TPSA) is 87.6 Å². The smallest absolute Gasteiger partial charge is 0.322 e. The van der Waals surface area contributed by atoms with E-state index in [1.54, 1.807) is 30.5 Å². The van der Waals surface area contributed by atoms with Crippen LogP contribution in [0.15, 0.2) is 41.4 Å². The number of pyridine rings is 1. The van der Waals surface area contributed by atoms with E-state index >= 15 is 0 Å². The number of rotatable bonds is 3. The Kier molecular flexibility index (Phi) is 3.38. The van der Waals surface area contributed by atoms with E-state index in [-0.39, 0.29) is 11.4 Å². The van der Waals surface area contributed by atoms with Crippen LogP contribution in [-0.4, -0.2) is 41.4 Å². The van der Waals surface area contributed by atoms with Crippen LogP contribution < -0.4 is 0 Å². The van der Waals surface area contributed by atoms with Gasteiger partial charge in [-0.05, 0) is 37.1 Å². The Morgan fingerprint density at radius 3 is 2.86 bits per heavy atom. The molecular weight excluding hydrogens is 292 g/mol. The van der Waals surface area contributed by atoms with Crippen LogP contribution in [0, 0.1) is 0 Å². The molecule has 0 aliphatic carbocycles. The molecule has 1 N–H and O–H groups in total. The number of sulfonamides is 1. The Labute approximate surface area is 122 Å². The van der Waals surface area contributed by atoms with Gasteiger partial charge in [-0.2, -0.15) is 4.31 Å². The van der Waals surface area contributed by atoms with Crippen LogP contribution in [0.25, 0.3) is 10.9 Å². The molecule has 1 saturated heterocycles. The summed E-state index contributed by atoms with van der Waals surface area (Å²) in [4.78, 5) is 15.5. The molecule has 1 aliphatic heterocycles. The zero-order valence-electron chi connectivity index (χ0n) is 11.1. The molecule has 1 aromatic carbocycles. The Bertz CT molecular complexity index is 798. The molecule has 1 atom stereocenters. The van der Waals surface area contributed by atoms with E-state index in [9.17, 15) is 18.3 Å². The van der Waals surface area contributed by atoms with Crippen LogP contribution in [0.5, 0.6) is 0 Å². The highest BCUT2D eigenvalue weighted by molar-refractivity contribution is 7.89. The largest absolute Gasteiger partial charge is 0.480 e. The van der Waals surface area contributed by atoms with Crippen molar-refractivity contribution in [3.63, 3.8) is 0 Å². The van der Waals surface area contributed by atoms with Crippen molar-refractivity contribution in [3.8, 4) is 0 Å². The lowest BCUT2D eigenvalue weighted by atomic mass is 10.2. The number of hydrogen-bond acceptors (Lipinski definition) is 4. The van der Waals surface area contributed by atoms with E-state index in [0.29, 0.717) is 23.7 Å². The van der Waals surface area contributed by atoms with Crippen LogP contribution in [0.2, 0.25) is 0 Å². The Morgan fingerprint density at radius 1 is 1.29 bits per heavy atom. The lowest BCUT2D eigenvalue weighted by Crippen LogP contribution is -2.40. The van der Waals surface area contributed by atoms with Crippen molar-refractivity contribution in [1.82, 2.24) is 9.29 Å². The summed E-state index contributed by atoms with van der Waals surface area (Å²) in [6.45, 7) is 0.232. The molecule has 0 amide bonds. The molecule has 0 bridgehead atoms. The van der Waals surface area contributed by atoms with Crippen LogP contribution in [0.4, 0.5) is 0 Å². The standard InChI is InChI=1S/C14H14N2O4S/c17-14(18)12-6-3-9-16(12)21(19,20)13-7-1-5-11-10(13)4-2-8-15-11/h1-2,4-5,7-8,12H,3,6,9H2,(H,17,18). The maximum Gasteiger partial charge on any atom is 0.322 e. The SMILES string of the molecule is O=C(O)C1CCCN1S(=O)(=O)c1cccc2ncccc12. The first kappa shape index (κ1) is 14.0. The van der Waals surface area contributed by atoms with Crippen molar-refractivity contribution in [2.24, 2.45) is 0 Å². The maximum atomic E-state index is 12.8. The van der Waals surface area contributed by atoms with E-state index in [4.69, 9.17) is 0 Å². The summed E-state index contributed by atoms with van der Waals surface area (Å²) in [6, 6.07) is 7.21. The summed E-state index contributed by atoms with van der Waals surface area (Å²) in [5, 5.41) is 9.70. The molecule has 0 radical (unpaired) electrons. The molecule has 3 rings (SSSR count). The minimum atomic E-state index is -3.85. The molecule has 1 aliphatic rings. The molecule has 1 unspecified atom stereocenters. The molecule has 0 saturated carbocycles. The quantitative estimate of drug-likeness (QED) is 0.928. The lowest BCUT2D eigenvalue weighted by molar-refractivity contribution is -0.140. The number of aliphatic carboxylic acids is 1. The summed E-state index contributed by atoms with van der Waals surface area (Å²) < 4.78 is 26.7. The second-order valence-corrected chi connectivity index (χ2v) is 6.80. The third-order valence-electron chi connectivity index (χ3n) is 3.68. The van der Waals surface area contributed by atoms with Crippen molar-refractivity contribution in [2.45, 2.75) is 23.8 Å². The molecule has 7 heteroatoms. The summed E-state index contributed by atoms with van der Waals surface area (Å²) in [7, 11) is -3.85. The van der Waals surface area contributed by atoms with Gasteiger partial charge in [0, 0.05) is 18.1 Å². The summed E-state index contributed by atoms with van der Waals surface area (Å²) >= 11 is 0. The number of aromatic nitrogens is 1. The fourth-order valence-electron chi connectivity index (χ4n) is 2.70. The molecule has 2 heterocycles.